The van der Waals surface area contributed by atoms with E-state index in [1.165, 1.54) is 24.3 Å². The van der Waals surface area contributed by atoms with E-state index >= 15 is 0 Å². The van der Waals surface area contributed by atoms with Crippen LogP contribution in [0, 0.1) is 46.9 Å². The highest BCUT2D eigenvalue weighted by Gasteiger charge is 2.33. The van der Waals surface area contributed by atoms with Crippen molar-refractivity contribution in [3.05, 3.63) is 195 Å². The van der Waals surface area contributed by atoms with Crippen LogP contribution in [0.25, 0.3) is 28.4 Å². The van der Waals surface area contributed by atoms with Crippen LogP contribution in [0.15, 0.2) is 127 Å². The van der Waals surface area contributed by atoms with Crippen LogP contribution >= 0.6 is 0 Å². The minimum atomic E-state index is -0.647. The Kier molecular flexibility index (Phi) is 17.9. The lowest BCUT2D eigenvalue weighted by Gasteiger charge is -2.36. The number of nitrogens with zero attached hydrogens (tertiary/aromatic N) is 2. The summed E-state index contributed by atoms with van der Waals surface area (Å²) in [4.78, 5) is 4.33. The molecule has 6 aromatic carbocycles. The predicted molar refractivity (Wildman–Crippen MR) is 306 cm³/mol. The van der Waals surface area contributed by atoms with Crippen LogP contribution in [-0.2, 0) is 9.47 Å². The minimum absolute atomic E-state index is 0.136. The number of rotatable bonds is 14. The van der Waals surface area contributed by atoms with Gasteiger partial charge in [0.1, 0.15) is 58.5 Å². The molecule has 6 heterocycles. The average Bonchev–Trinajstić information content (AvgIpc) is 3.61. The molecule has 0 aliphatic carbocycles. The molecule has 82 heavy (non-hydrogen) atoms. The second kappa shape index (κ2) is 25.9. The third kappa shape index (κ3) is 13.5. The number of allylic oxidation sites excluding steroid dienone is 2. The van der Waals surface area contributed by atoms with Gasteiger partial charge in [-0.05, 0) is 139 Å². The molecule has 0 radical (unpaired) electrons. The van der Waals surface area contributed by atoms with E-state index in [0.717, 1.165) is 128 Å². The van der Waals surface area contributed by atoms with Crippen molar-refractivity contribution >= 4 is 28.4 Å². The van der Waals surface area contributed by atoms with Crippen molar-refractivity contribution in [3.8, 4) is 34.8 Å². The van der Waals surface area contributed by atoms with Gasteiger partial charge < -0.3 is 28.4 Å². The van der Waals surface area contributed by atoms with Gasteiger partial charge in [-0.2, -0.15) is 0 Å². The van der Waals surface area contributed by atoms with E-state index in [1.807, 2.05) is 105 Å². The highest BCUT2D eigenvalue weighted by molar-refractivity contribution is 5.96. The molecule has 4 fully saturated rings. The zero-order valence-corrected chi connectivity index (χ0v) is 46.1. The molecule has 0 spiro atoms. The first-order valence-corrected chi connectivity index (χ1v) is 28.4. The lowest BCUT2D eigenvalue weighted by atomic mass is 9.86. The van der Waals surface area contributed by atoms with Gasteiger partial charge in [0.05, 0.1) is 33.1 Å². The molecule has 0 saturated carbocycles. The van der Waals surface area contributed by atoms with Gasteiger partial charge in [0.2, 0.25) is 0 Å². The summed E-state index contributed by atoms with van der Waals surface area (Å²) in [5.41, 5.74) is 9.26. The fraction of sp³-hybridized carbons (Fsp3) is 0.353. The standard InChI is InChI=1S/C34H34F3NO3.C34H32F3NO3/c2*1-22-30-12-11-29(40-32-6-2-3-14-39-32)18-31(30)41-34(33(22)26-15-27(36)17-28(37)16-26)25-9-7-23(8-10-25)5-4-13-38-20-24(19-35)21-38/h4-5,7-12,15-18,24,32,34H,2-3,6,13-14,19-21H2,1H3;7-12,15-18,24,32,34H,2-3,6,13-14,19-21H2,1H3/b5-4-;. The number of hydrogen-bond donors (Lipinski definition) is 0. The summed E-state index contributed by atoms with van der Waals surface area (Å²) < 4.78 is 120. The minimum Gasteiger partial charge on any atom is -0.480 e. The average molecular weight is 1120 g/mol. The van der Waals surface area contributed by atoms with Gasteiger partial charge in [0.15, 0.2) is 12.6 Å². The fourth-order valence-corrected chi connectivity index (χ4v) is 11.5. The molecule has 4 saturated heterocycles. The topological polar surface area (TPSA) is 61.9 Å². The van der Waals surface area contributed by atoms with E-state index in [-0.39, 0.29) is 37.8 Å². The zero-order chi connectivity index (χ0) is 56.7. The molecular formula is C68H66F6N2O6. The molecule has 0 bridgehead atoms. The van der Waals surface area contributed by atoms with Crippen molar-refractivity contribution in [2.45, 2.75) is 77.2 Å². The Morgan fingerprint density at radius 1 is 0.549 bits per heavy atom. The van der Waals surface area contributed by atoms with Crippen LogP contribution in [0.4, 0.5) is 26.3 Å². The van der Waals surface area contributed by atoms with Crippen molar-refractivity contribution in [1.82, 2.24) is 9.80 Å². The second-order valence-corrected chi connectivity index (χ2v) is 22.0. The molecule has 6 aliphatic rings. The van der Waals surface area contributed by atoms with Crippen molar-refractivity contribution in [3.63, 3.8) is 0 Å². The Balaban J connectivity index is 0.000000172. The number of likely N-dealkylation sites (tertiary alicyclic amines) is 2. The third-order valence-electron chi connectivity index (χ3n) is 15.9. The quantitative estimate of drug-likeness (QED) is 0.0790. The number of fused-ring (bicyclic) bond motifs is 2. The molecule has 6 aliphatic heterocycles. The van der Waals surface area contributed by atoms with E-state index < -0.39 is 35.5 Å². The van der Waals surface area contributed by atoms with Crippen molar-refractivity contribution < 1.29 is 54.8 Å². The summed E-state index contributed by atoms with van der Waals surface area (Å²) in [6, 6.07) is 34.1. The van der Waals surface area contributed by atoms with Crippen LogP contribution in [-0.4, -0.2) is 88.2 Å². The van der Waals surface area contributed by atoms with Gasteiger partial charge in [0, 0.05) is 110 Å². The summed E-state index contributed by atoms with van der Waals surface area (Å²) in [5.74, 6) is 6.65. The van der Waals surface area contributed by atoms with Crippen LogP contribution in [0.5, 0.6) is 23.0 Å². The van der Waals surface area contributed by atoms with Gasteiger partial charge in [-0.1, -0.05) is 60.4 Å². The van der Waals surface area contributed by atoms with Gasteiger partial charge in [-0.25, -0.2) is 17.6 Å². The van der Waals surface area contributed by atoms with Crippen LogP contribution in [0.2, 0.25) is 0 Å². The van der Waals surface area contributed by atoms with E-state index in [4.69, 9.17) is 28.4 Å². The molecule has 4 atom stereocenters. The first-order valence-electron chi connectivity index (χ1n) is 28.4. The van der Waals surface area contributed by atoms with E-state index in [9.17, 15) is 26.3 Å². The normalized spacial score (nSPS) is 21.2. The maximum Gasteiger partial charge on any atom is 0.199 e. The monoisotopic (exact) mass is 1120 g/mol. The Morgan fingerprint density at radius 2 is 1.01 bits per heavy atom. The summed E-state index contributed by atoms with van der Waals surface area (Å²) in [6.07, 6.45) is 8.23. The van der Waals surface area contributed by atoms with Gasteiger partial charge in [0.25, 0.3) is 0 Å². The van der Waals surface area contributed by atoms with Gasteiger partial charge >= 0.3 is 0 Å². The molecule has 0 aromatic heterocycles. The smallest absolute Gasteiger partial charge is 0.199 e. The van der Waals surface area contributed by atoms with Gasteiger partial charge in [-0.3, -0.25) is 18.6 Å². The number of halogens is 6. The van der Waals surface area contributed by atoms with Crippen LogP contribution in [0.3, 0.4) is 0 Å². The predicted octanol–water partition coefficient (Wildman–Crippen LogP) is 15.0. The molecule has 4 unspecified atom stereocenters. The summed E-state index contributed by atoms with van der Waals surface area (Å²) in [7, 11) is 0. The molecule has 426 valence electrons. The lowest BCUT2D eigenvalue weighted by molar-refractivity contribution is -0.106. The van der Waals surface area contributed by atoms with Gasteiger partial charge in [-0.15, -0.1) is 0 Å². The molecule has 8 nitrogen and oxygen atoms in total. The summed E-state index contributed by atoms with van der Waals surface area (Å²) in [6.45, 7) is 9.23. The Hall–Kier alpha value is -7.28. The maximum atomic E-state index is 14.3. The Labute approximate surface area is 475 Å². The maximum absolute atomic E-state index is 14.3. The Bertz CT molecular complexity index is 3340. The number of benzene rings is 6. The number of hydrogen-bond acceptors (Lipinski definition) is 8. The third-order valence-corrected chi connectivity index (χ3v) is 15.9. The molecule has 6 aromatic rings. The Morgan fingerprint density at radius 3 is 1.46 bits per heavy atom. The van der Waals surface area contributed by atoms with Crippen LogP contribution in [0.1, 0.15) is 109 Å². The number of alkyl halides is 2. The SMILES string of the molecule is CC1=C(c2cc(F)cc(F)c2)C(c2ccc(/C=C\CN3CC(CF)C3)cc2)Oc2cc(OC3CCCCO3)ccc21.CC1=C(c2cc(F)cc(F)c2)C(c2ccc(C#CCN3CC(CF)C3)cc2)Oc2cc(OC3CCCCO3)ccc21. The first-order chi connectivity index (χ1) is 39.9. The second-order valence-electron chi connectivity index (χ2n) is 22.0. The van der Waals surface area contributed by atoms with Crippen LogP contribution < -0.4 is 18.9 Å². The number of ether oxygens (including phenoxy) is 6. The van der Waals surface area contributed by atoms with Crippen molar-refractivity contribution in [1.29, 1.82) is 0 Å². The fourth-order valence-electron chi connectivity index (χ4n) is 11.5. The molecule has 0 amide bonds. The first kappa shape index (κ1) is 56.6. The lowest BCUT2D eigenvalue weighted by Crippen LogP contribution is -2.47. The zero-order valence-electron chi connectivity index (χ0n) is 46.1. The molecule has 12 rings (SSSR count). The molecule has 0 N–H and O–H groups in total. The summed E-state index contributed by atoms with van der Waals surface area (Å²) in [5, 5.41) is 0. The molecular weight excluding hydrogens is 1050 g/mol. The molecule has 14 heteroatoms. The largest absolute Gasteiger partial charge is 0.480 e. The van der Waals surface area contributed by atoms with Crippen molar-refractivity contribution in [2.75, 3.05) is 65.8 Å². The van der Waals surface area contributed by atoms with E-state index in [2.05, 4.69) is 27.7 Å². The van der Waals surface area contributed by atoms with E-state index in [1.54, 1.807) is 0 Å². The highest BCUT2D eigenvalue weighted by atomic mass is 19.2. The summed E-state index contributed by atoms with van der Waals surface area (Å²) >= 11 is 0. The highest BCUT2D eigenvalue weighted by Crippen LogP contribution is 2.50. The van der Waals surface area contributed by atoms with E-state index in [0.29, 0.717) is 65.0 Å². The van der Waals surface area contributed by atoms with Crippen molar-refractivity contribution in [2.24, 2.45) is 11.8 Å².